The second kappa shape index (κ2) is 13.0. The van der Waals surface area contributed by atoms with E-state index in [1.807, 2.05) is 6.07 Å². The zero-order valence-corrected chi connectivity index (χ0v) is 21.9. The van der Waals surface area contributed by atoms with E-state index >= 15 is 0 Å². The maximum atomic E-state index is 12.6. The van der Waals surface area contributed by atoms with Crippen LogP contribution in [0.15, 0.2) is 48.5 Å². The first-order valence-electron chi connectivity index (χ1n) is 12.9. The highest BCUT2D eigenvalue weighted by molar-refractivity contribution is 6.11. The van der Waals surface area contributed by atoms with Crippen LogP contribution in [0.5, 0.6) is 0 Å². The summed E-state index contributed by atoms with van der Waals surface area (Å²) in [4.78, 5) is 42.6. The number of carbonyl (C=O) groups is 3. The Bertz CT molecular complexity index is 1230. The molecule has 2 N–H and O–H groups in total. The van der Waals surface area contributed by atoms with Crippen molar-refractivity contribution in [3.63, 3.8) is 0 Å². The Hall–Kier alpha value is -4.27. The number of piperazine rings is 1. The van der Waals surface area contributed by atoms with Gasteiger partial charge in [-0.1, -0.05) is 0 Å². The molecule has 2 aliphatic rings. The van der Waals surface area contributed by atoms with E-state index in [1.165, 1.54) is 12.1 Å². The molecule has 2 aromatic carbocycles. The Morgan fingerprint density at radius 3 is 2.33 bits per heavy atom. The smallest absolute Gasteiger partial charge is 0.414 e. The number of esters is 1. The molecule has 39 heavy (non-hydrogen) atoms. The number of ether oxygens (including phenoxy) is 2. The molecule has 1 atom stereocenters. The van der Waals surface area contributed by atoms with Crippen molar-refractivity contribution in [2.45, 2.75) is 19.4 Å². The first-order valence-corrected chi connectivity index (χ1v) is 12.9. The molecule has 0 bridgehead atoms. The SMILES string of the molecule is CCOC(=O)CCN1CCN(CC2CN(c3ccc(C(=N)NC(=O)c4ccc(C#N)cc4)cc3)C(=O)O2)CC1. The van der Waals surface area contributed by atoms with Crippen LogP contribution in [0.2, 0.25) is 0 Å². The number of benzene rings is 2. The van der Waals surface area contributed by atoms with Crippen molar-refractivity contribution in [3.05, 3.63) is 65.2 Å². The molecule has 11 heteroatoms. The average Bonchev–Trinajstić information content (AvgIpc) is 3.32. The predicted octanol–water partition coefficient (Wildman–Crippen LogP) is 2.21. The molecule has 2 aromatic rings. The second-order valence-corrected chi connectivity index (χ2v) is 9.38. The van der Waals surface area contributed by atoms with Crippen LogP contribution in [0.3, 0.4) is 0 Å². The number of amides is 2. The number of nitrogens with zero attached hydrogens (tertiary/aromatic N) is 4. The van der Waals surface area contributed by atoms with Crippen molar-refractivity contribution in [1.29, 1.82) is 10.7 Å². The molecule has 11 nitrogen and oxygen atoms in total. The van der Waals surface area contributed by atoms with Gasteiger partial charge in [0.05, 0.1) is 31.2 Å². The van der Waals surface area contributed by atoms with Crippen LogP contribution in [0.25, 0.3) is 0 Å². The molecular weight excluding hydrogens is 500 g/mol. The van der Waals surface area contributed by atoms with Crippen molar-refractivity contribution in [3.8, 4) is 6.07 Å². The normalized spacial score (nSPS) is 17.8. The second-order valence-electron chi connectivity index (χ2n) is 9.38. The molecule has 2 fully saturated rings. The van der Waals surface area contributed by atoms with Crippen LogP contribution in [-0.2, 0) is 14.3 Å². The van der Waals surface area contributed by atoms with E-state index in [-0.39, 0.29) is 17.9 Å². The van der Waals surface area contributed by atoms with Gasteiger partial charge in [-0.15, -0.1) is 0 Å². The lowest BCUT2D eigenvalue weighted by Gasteiger charge is -2.35. The number of hydrogen-bond acceptors (Lipinski definition) is 9. The lowest BCUT2D eigenvalue weighted by atomic mass is 10.1. The van der Waals surface area contributed by atoms with Crippen LogP contribution in [0, 0.1) is 16.7 Å². The van der Waals surface area contributed by atoms with Gasteiger partial charge in [0.1, 0.15) is 11.9 Å². The molecule has 0 aliphatic carbocycles. The highest BCUT2D eigenvalue weighted by Crippen LogP contribution is 2.23. The van der Waals surface area contributed by atoms with Gasteiger partial charge >= 0.3 is 12.1 Å². The Morgan fingerprint density at radius 1 is 1.05 bits per heavy atom. The highest BCUT2D eigenvalue weighted by Gasteiger charge is 2.34. The molecule has 4 rings (SSSR count). The van der Waals surface area contributed by atoms with E-state index < -0.39 is 12.0 Å². The number of cyclic esters (lactones) is 1. The fourth-order valence-corrected chi connectivity index (χ4v) is 4.56. The van der Waals surface area contributed by atoms with Crippen LogP contribution in [0.4, 0.5) is 10.5 Å². The molecule has 0 spiro atoms. The van der Waals surface area contributed by atoms with Gasteiger partial charge in [0.15, 0.2) is 0 Å². The number of nitriles is 1. The molecule has 2 saturated heterocycles. The predicted molar refractivity (Wildman–Crippen MR) is 144 cm³/mol. The number of nitrogens with one attached hydrogen (secondary N) is 2. The number of carbonyl (C=O) groups excluding carboxylic acids is 3. The zero-order valence-electron chi connectivity index (χ0n) is 21.9. The van der Waals surface area contributed by atoms with Gasteiger partial charge in [-0.2, -0.15) is 5.26 Å². The summed E-state index contributed by atoms with van der Waals surface area (Å²) in [6.45, 7) is 7.31. The number of hydrogen-bond donors (Lipinski definition) is 2. The molecule has 2 heterocycles. The minimum absolute atomic E-state index is 0.0702. The van der Waals surface area contributed by atoms with Crippen molar-refractivity contribution >= 4 is 29.5 Å². The molecule has 0 radical (unpaired) electrons. The van der Waals surface area contributed by atoms with Gasteiger partial charge in [0.25, 0.3) is 5.91 Å². The Kier molecular flexibility index (Phi) is 9.25. The molecule has 0 saturated carbocycles. The van der Waals surface area contributed by atoms with Gasteiger partial charge in [-0.05, 0) is 55.5 Å². The van der Waals surface area contributed by atoms with Gasteiger partial charge < -0.3 is 19.7 Å². The Balaban J connectivity index is 1.24. The summed E-state index contributed by atoms with van der Waals surface area (Å²) >= 11 is 0. The van der Waals surface area contributed by atoms with E-state index in [0.717, 1.165) is 26.2 Å². The van der Waals surface area contributed by atoms with Crippen LogP contribution in [0.1, 0.15) is 34.8 Å². The average molecular weight is 533 g/mol. The highest BCUT2D eigenvalue weighted by atomic mass is 16.6. The minimum Gasteiger partial charge on any atom is -0.466 e. The van der Waals surface area contributed by atoms with E-state index in [4.69, 9.17) is 20.1 Å². The largest absolute Gasteiger partial charge is 0.466 e. The molecule has 1 unspecified atom stereocenters. The van der Waals surface area contributed by atoms with Gasteiger partial charge in [0, 0.05) is 56.1 Å². The van der Waals surface area contributed by atoms with E-state index in [2.05, 4.69) is 15.1 Å². The fourth-order valence-electron chi connectivity index (χ4n) is 4.56. The molecule has 2 aliphatic heterocycles. The van der Waals surface area contributed by atoms with Crippen molar-refractivity contribution in [1.82, 2.24) is 15.1 Å². The van der Waals surface area contributed by atoms with Crippen molar-refractivity contribution < 1.29 is 23.9 Å². The summed E-state index contributed by atoms with van der Waals surface area (Å²) in [5, 5.41) is 19.7. The van der Waals surface area contributed by atoms with E-state index in [1.54, 1.807) is 48.2 Å². The molecule has 204 valence electrons. The summed E-state index contributed by atoms with van der Waals surface area (Å²) < 4.78 is 10.6. The third-order valence-electron chi connectivity index (χ3n) is 6.72. The summed E-state index contributed by atoms with van der Waals surface area (Å²) in [5.41, 5.74) is 1.94. The van der Waals surface area contributed by atoms with Crippen LogP contribution < -0.4 is 10.2 Å². The van der Waals surface area contributed by atoms with Gasteiger partial charge in [-0.25, -0.2) is 4.79 Å². The van der Waals surface area contributed by atoms with E-state index in [0.29, 0.717) is 55.0 Å². The van der Waals surface area contributed by atoms with Crippen molar-refractivity contribution in [2.75, 3.05) is 57.3 Å². The zero-order chi connectivity index (χ0) is 27.8. The van der Waals surface area contributed by atoms with Gasteiger partial charge in [-0.3, -0.25) is 24.8 Å². The quantitative estimate of drug-likeness (QED) is 0.285. The molecule has 0 aromatic heterocycles. The molecular formula is C28H32N6O5. The van der Waals surface area contributed by atoms with Crippen LogP contribution in [-0.4, -0.2) is 92.1 Å². The van der Waals surface area contributed by atoms with E-state index in [9.17, 15) is 14.4 Å². The fraction of sp³-hybridized carbons (Fsp3) is 0.393. The summed E-state index contributed by atoms with van der Waals surface area (Å²) in [6, 6.07) is 15.0. The van der Waals surface area contributed by atoms with Crippen molar-refractivity contribution in [2.24, 2.45) is 0 Å². The maximum Gasteiger partial charge on any atom is 0.414 e. The number of amidine groups is 1. The summed E-state index contributed by atoms with van der Waals surface area (Å²) in [6.07, 6.45) is -0.275. The lowest BCUT2D eigenvalue weighted by molar-refractivity contribution is -0.143. The first-order chi connectivity index (χ1) is 18.9. The standard InChI is InChI=1S/C28H32N6O5/c1-2-38-25(35)11-12-32-13-15-33(16-14-32)18-24-19-34(28(37)39-24)23-9-7-21(8-10-23)26(30)31-27(36)22-5-3-20(17-29)4-6-22/h3-10,24H,2,11-16,18-19H2,1H3,(H2,30,31,36). The number of rotatable bonds is 9. The number of anilines is 1. The third-order valence-corrected chi connectivity index (χ3v) is 6.72. The lowest BCUT2D eigenvalue weighted by Crippen LogP contribution is -2.49. The Morgan fingerprint density at radius 2 is 1.69 bits per heavy atom. The summed E-state index contributed by atoms with van der Waals surface area (Å²) in [5.74, 6) is -0.686. The maximum absolute atomic E-state index is 12.6. The minimum atomic E-state index is -0.445. The topological polar surface area (TPSA) is 139 Å². The van der Waals surface area contributed by atoms with Crippen LogP contribution >= 0.6 is 0 Å². The third kappa shape index (κ3) is 7.40. The first kappa shape index (κ1) is 27.8. The summed E-state index contributed by atoms with van der Waals surface area (Å²) in [7, 11) is 0. The van der Waals surface area contributed by atoms with Gasteiger partial charge in [0.2, 0.25) is 0 Å². The molecule has 2 amide bonds. The Labute approximate surface area is 227 Å². The monoisotopic (exact) mass is 532 g/mol.